The van der Waals surface area contributed by atoms with E-state index in [1.54, 1.807) is 0 Å². The minimum Gasteiger partial charge on any atom is -0.481 e. The maximum atomic E-state index is 14.5. The zero-order chi connectivity index (χ0) is 24.1. The molecule has 0 radical (unpaired) electrons. The largest absolute Gasteiger partial charge is 0.481 e. The van der Waals surface area contributed by atoms with Crippen LogP contribution in [0.2, 0.25) is 0 Å². The van der Waals surface area contributed by atoms with Gasteiger partial charge in [-0.1, -0.05) is 48.5 Å². The third kappa shape index (κ3) is 5.06. The summed E-state index contributed by atoms with van der Waals surface area (Å²) in [4.78, 5) is 35.0. The molecule has 0 fully saturated rings. The Morgan fingerprint density at radius 2 is 1.59 bits per heavy atom. The van der Waals surface area contributed by atoms with Gasteiger partial charge in [0.15, 0.2) is 0 Å². The highest BCUT2D eigenvalue weighted by Crippen LogP contribution is 2.44. The Labute approximate surface area is 195 Å². The van der Waals surface area contributed by atoms with Crippen LogP contribution in [-0.2, 0) is 9.53 Å². The second-order valence-corrected chi connectivity index (χ2v) is 7.90. The molecule has 4 rings (SSSR count). The molecule has 174 valence electrons. The van der Waals surface area contributed by atoms with Crippen molar-refractivity contribution in [1.82, 2.24) is 5.32 Å². The second kappa shape index (κ2) is 10.2. The number of carboxylic acid groups (broad SMARTS) is 1. The van der Waals surface area contributed by atoms with Crippen molar-refractivity contribution in [3.63, 3.8) is 0 Å². The first-order valence-corrected chi connectivity index (χ1v) is 10.9. The Morgan fingerprint density at radius 3 is 2.21 bits per heavy atom. The van der Waals surface area contributed by atoms with E-state index in [1.807, 2.05) is 48.5 Å². The van der Waals surface area contributed by atoms with Crippen LogP contribution in [0.5, 0.6) is 0 Å². The van der Waals surface area contributed by atoms with Gasteiger partial charge in [-0.25, -0.2) is 9.18 Å². The van der Waals surface area contributed by atoms with E-state index in [2.05, 4.69) is 10.6 Å². The zero-order valence-electron chi connectivity index (χ0n) is 18.2. The lowest BCUT2D eigenvalue weighted by atomic mass is 9.98. The quantitative estimate of drug-likeness (QED) is 0.418. The molecule has 1 aliphatic carbocycles. The first-order valence-electron chi connectivity index (χ1n) is 10.9. The number of ether oxygens (including phenoxy) is 1. The van der Waals surface area contributed by atoms with E-state index >= 15 is 0 Å². The number of benzene rings is 3. The van der Waals surface area contributed by atoms with E-state index in [9.17, 15) is 18.8 Å². The number of anilines is 1. The topological polar surface area (TPSA) is 105 Å². The Balaban J connectivity index is 1.35. The molecule has 3 aromatic rings. The molecule has 3 aromatic carbocycles. The van der Waals surface area contributed by atoms with Crippen molar-refractivity contribution in [3.05, 3.63) is 89.2 Å². The second-order valence-electron chi connectivity index (χ2n) is 7.90. The summed E-state index contributed by atoms with van der Waals surface area (Å²) in [6, 6.07) is 19.6. The van der Waals surface area contributed by atoms with E-state index in [0.29, 0.717) is 0 Å². The minimum absolute atomic E-state index is 0.0610. The van der Waals surface area contributed by atoms with E-state index in [4.69, 9.17) is 9.84 Å². The average Bonchev–Trinajstić information content (AvgIpc) is 3.15. The van der Waals surface area contributed by atoms with Crippen LogP contribution in [0.1, 0.15) is 40.2 Å². The van der Waals surface area contributed by atoms with Crippen LogP contribution in [0.4, 0.5) is 14.9 Å². The van der Waals surface area contributed by atoms with Crippen LogP contribution in [-0.4, -0.2) is 36.2 Å². The molecular weight excluding hydrogens is 439 g/mol. The number of carbonyl (C=O) groups excluding carboxylic acids is 2. The molecule has 0 spiro atoms. The van der Waals surface area contributed by atoms with Crippen LogP contribution >= 0.6 is 0 Å². The number of aliphatic carboxylic acids is 1. The number of carbonyl (C=O) groups is 3. The van der Waals surface area contributed by atoms with Crippen LogP contribution in [0.15, 0.2) is 66.7 Å². The average molecular weight is 462 g/mol. The number of nitrogens with one attached hydrogen (secondary N) is 2. The standard InChI is InChI=1S/C26H23FN2O5/c27-22-14-16(25(32)28-13-5-10-24(30)31)11-12-23(22)29-26(33)34-15-21-19-8-3-1-6-17(19)18-7-2-4-9-20(18)21/h1-4,6-9,11-12,14,21H,5,10,13,15H2,(H,28,32)(H,29,33)(H,30,31). The third-order valence-corrected chi connectivity index (χ3v) is 5.66. The first kappa shape index (κ1) is 23.0. The summed E-state index contributed by atoms with van der Waals surface area (Å²) in [6.07, 6.45) is -0.602. The predicted octanol–water partition coefficient (Wildman–Crippen LogP) is 4.78. The van der Waals surface area contributed by atoms with Gasteiger partial charge in [0.05, 0.1) is 5.69 Å². The van der Waals surface area contributed by atoms with Crippen LogP contribution in [0, 0.1) is 5.82 Å². The Morgan fingerprint density at radius 1 is 0.941 bits per heavy atom. The van der Waals surface area contributed by atoms with E-state index in [1.165, 1.54) is 12.1 Å². The molecule has 0 bridgehead atoms. The Hall–Kier alpha value is -4.20. The molecular formula is C26H23FN2O5. The molecule has 0 saturated heterocycles. The van der Waals surface area contributed by atoms with Gasteiger partial charge < -0.3 is 15.2 Å². The highest BCUT2D eigenvalue weighted by Gasteiger charge is 2.29. The first-order chi connectivity index (χ1) is 16.4. The van der Waals surface area contributed by atoms with Gasteiger partial charge in [0.1, 0.15) is 12.4 Å². The summed E-state index contributed by atoms with van der Waals surface area (Å²) in [5, 5.41) is 13.5. The molecule has 0 aliphatic heterocycles. The van der Waals surface area contributed by atoms with Gasteiger partial charge >= 0.3 is 12.1 Å². The fourth-order valence-electron chi connectivity index (χ4n) is 4.05. The third-order valence-electron chi connectivity index (χ3n) is 5.66. The number of rotatable bonds is 8. The monoisotopic (exact) mass is 462 g/mol. The summed E-state index contributed by atoms with van der Waals surface area (Å²) in [7, 11) is 0. The summed E-state index contributed by atoms with van der Waals surface area (Å²) in [5.74, 6) is -2.39. The van der Waals surface area contributed by atoms with Gasteiger partial charge in [-0.3, -0.25) is 14.9 Å². The molecule has 1 aliphatic rings. The van der Waals surface area contributed by atoms with Crippen molar-refractivity contribution in [3.8, 4) is 11.1 Å². The summed E-state index contributed by atoms with van der Waals surface area (Å²) < 4.78 is 19.9. The SMILES string of the molecule is O=C(O)CCCNC(=O)c1ccc(NC(=O)OCC2c3ccccc3-c3ccccc32)c(F)c1. The lowest BCUT2D eigenvalue weighted by molar-refractivity contribution is -0.137. The highest BCUT2D eigenvalue weighted by atomic mass is 19.1. The van der Waals surface area contributed by atoms with Crippen LogP contribution in [0.3, 0.4) is 0 Å². The molecule has 7 nitrogen and oxygen atoms in total. The number of amides is 2. The summed E-state index contributed by atoms with van der Waals surface area (Å²) >= 11 is 0. The van der Waals surface area contributed by atoms with E-state index in [-0.39, 0.29) is 43.2 Å². The minimum atomic E-state index is -0.955. The summed E-state index contributed by atoms with van der Waals surface area (Å²) in [5.41, 5.74) is 4.30. The van der Waals surface area contributed by atoms with Gasteiger partial charge in [-0.15, -0.1) is 0 Å². The van der Waals surface area contributed by atoms with Gasteiger partial charge in [0, 0.05) is 24.4 Å². The number of hydrogen-bond acceptors (Lipinski definition) is 4. The molecule has 0 unspecified atom stereocenters. The molecule has 0 atom stereocenters. The molecule has 0 aromatic heterocycles. The van der Waals surface area contributed by atoms with E-state index in [0.717, 1.165) is 28.3 Å². The number of hydrogen-bond donors (Lipinski definition) is 3. The molecule has 0 heterocycles. The number of halogens is 1. The maximum absolute atomic E-state index is 14.5. The molecule has 2 amide bonds. The van der Waals surface area contributed by atoms with Gasteiger partial charge in [-0.05, 0) is 46.9 Å². The van der Waals surface area contributed by atoms with E-state index < -0.39 is 23.8 Å². The fraction of sp³-hybridized carbons (Fsp3) is 0.192. The van der Waals surface area contributed by atoms with Crippen molar-refractivity contribution in [2.45, 2.75) is 18.8 Å². The van der Waals surface area contributed by atoms with Crippen molar-refractivity contribution in [2.24, 2.45) is 0 Å². The van der Waals surface area contributed by atoms with Crippen molar-refractivity contribution in [1.29, 1.82) is 0 Å². The van der Waals surface area contributed by atoms with Gasteiger partial charge in [-0.2, -0.15) is 0 Å². The van der Waals surface area contributed by atoms with Crippen molar-refractivity contribution in [2.75, 3.05) is 18.5 Å². The molecule has 8 heteroatoms. The Kier molecular flexibility index (Phi) is 6.87. The normalized spacial score (nSPS) is 11.9. The molecule has 0 saturated carbocycles. The summed E-state index contributed by atoms with van der Waals surface area (Å²) in [6.45, 7) is 0.255. The van der Waals surface area contributed by atoms with Crippen LogP contribution in [0.25, 0.3) is 11.1 Å². The Bertz CT molecular complexity index is 1200. The lowest BCUT2D eigenvalue weighted by Gasteiger charge is -2.15. The van der Waals surface area contributed by atoms with Crippen molar-refractivity contribution < 1.29 is 28.6 Å². The molecule has 34 heavy (non-hydrogen) atoms. The fourth-order valence-corrected chi connectivity index (χ4v) is 4.05. The number of fused-ring (bicyclic) bond motifs is 3. The zero-order valence-corrected chi connectivity index (χ0v) is 18.2. The van der Waals surface area contributed by atoms with Crippen LogP contribution < -0.4 is 10.6 Å². The molecule has 3 N–H and O–H groups in total. The van der Waals surface area contributed by atoms with Gasteiger partial charge in [0.2, 0.25) is 0 Å². The number of carboxylic acids is 1. The van der Waals surface area contributed by atoms with Crippen molar-refractivity contribution >= 4 is 23.7 Å². The van der Waals surface area contributed by atoms with Gasteiger partial charge in [0.25, 0.3) is 5.91 Å². The predicted molar refractivity (Wildman–Crippen MR) is 124 cm³/mol. The highest BCUT2D eigenvalue weighted by molar-refractivity contribution is 5.95. The maximum Gasteiger partial charge on any atom is 0.411 e. The lowest BCUT2D eigenvalue weighted by Crippen LogP contribution is -2.25. The smallest absolute Gasteiger partial charge is 0.411 e.